The molecule has 1 amide bonds. The van der Waals surface area contributed by atoms with Gasteiger partial charge >= 0.3 is 0 Å². The van der Waals surface area contributed by atoms with Crippen LogP contribution in [0.25, 0.3) is 6.08 Å². The minimum atomic E-state index is -0.440. The summed E-state index contributed by atoms with van der Waals surface area (Å²) in [6.07, 6.45) is 5.20. The molecule has 0 bridgehead atoms. The highest BCUT2D eigenvalue weighted by Gasteiger charge is 2.30. The number of hydrogen-bond acceptors (Lipinski definition) is 4. The lowest BCUT2D eigenvalue weighted by molar-refractivity contribution is -0.384. The Morgan fingerprint density at radius 3 is 2.71 bits per heavy atom. The van der Waals surface area contributed by atoms with E-state index < -0.39 is 4.92 Å². The molecule has 0 N–H and O–H groups in total. The standard InChI is InChI=1S/C17H17N3O3S/c1-18-10-2-3-15(18)17-19(11-12-24-17)16(21)9-6-13-4-7-14(8-5-13)20(22)23/h2-10,17H,11-12H2,1H3. The van der Waals surface area contributed by atoms with Crippen LogP contribution >= 0.6 is 11.8 Å². The van der Waals surface area contributed by atoms with E-state index in [-0.39, 0.29) is 17.0 Å². The molecule has 1 aliphatic rings. The minimum Gasteiger partial charge on any atom is -0.352 e. The van der Waals surface area contributed by atoms with E-state index in [1.807, 2.05) is 34.8 Å². The van der Waals surface area contributed by atoms with Gasteiger partial charge in [-0.05, 0) is 35.9 Å². The van der Waals surface area contributed by atoms with Gasteiger partial charge in [0.1, 0.15) is 5.37 Å². The van der Waals surface area contributed by atoms with Crippen molar-refractivity contribution >= 4 is 29.4 Å². The summed E-state index contributed by atoms with van der Waals surface area (Å²) in [7, 11) is 1.98. The number of carbonyl (C=O) groups excluding carboxylic acids is 1. The van der Waals surface area contributed by atoms with Gasteiger partial charge in [-0.2, -0.15) is 0 Å². The molecular formula is C17H17N3O3S. The topological polar surface area (TPSA) is 68.4 Å². The number of nitrogens with zero attached hydrogens (tertiary/aromatic N) is 3. The number of hydrogen-bond donors (Lipinski definition) is 0. The first kappa shape index (κ1) is 16.3. The first-order valence-electron chi connectivity index (χ1n) is 7.52. The number of amides is 1. The second-order valence-electron chi connectivity index (χ2n) is 5.48. The Bertz CT molecular complexity index is 783. The van der Waals surface area contributed by atoms with Gasteiger partial charge in [-0.15, -0.1) is 11.8 Å². The quantitative estimate of drug-likeness (QED) is 0.486. The van der Waals surface area contributed by atoms with E-state index in [9.17, 15) is 14.9 Å². The zero-order chi connectivity index (χ0) is 17.1. The van der Waals surface area contributed by atoms with E-state index in [0.29, 0.717) is 6.54 Å². The molecule has 124 valence electrons. The van der Waals surface area contributed by atoms with Crippen LogP contribution in [0.3, 0.4) is 0 Å². The Hall–Kier alpha value is -2.54. The SMILES string of the molecule is Cn1cccc1C1SCCN1C(=O)C=Cc1ccc([N+](=O)[O-])cc1. The molecular weight excluding hydrogens is 326 g/mol. The molecule has 0 spiro atoms. The maximum atomic E-state index is 12.5. The summed E-state index contributed by atoms with van der Waals surface area (Å²) in [4.78, 5) is 24.6. The maximum Gasteiger partial charge on any atom is 0.269 e. The average molecular weight is 343 g/mol. The van der Waals surface area contributed by atoms with Crippen molar-refractivity contribution in [3.63, 3.8) is 0 Å². The summed E-state index contributed by atoms with van der Waals surface area (Å²) in [5, 5.41) is 10.7. The van der Waals surface area contributed by atoms with E-state index in [0.717, 1.165) is 17.0 Å². The smallest absolute Gasteiger partial charge is 0.269 e. The minimum absolute atomic E-state index is 0.0269. The van der Waals surface area contributed by atoms with Crippen LogP contribution in [0.5, 0.6) is 0 Å². The van der Waals surface area contributed by atoms with Gasteiger partial charge in [0.05, 0.1) is 10.6 Å². The van der Waals surface area contributed by atoms with Crippen LogP contribution in [0.4, 0.5) is 5.69 Å². The van der Waals surface area contributed by atoms with E-state index in [2.05, 4.69) is 0 Å². The summed E-state index contributed by atoms with van der Waals surface area (Å²) >= 11 is 1.75. The van der Waals surface area contributed by atoms with Crippen LogP contribution in [-0.2, 0) is 11.8 Å². The van der Waals surface area contributed by atoms with Crippen molar-refractivity contribution < 1.29 is 9.72 Å². The van der Waals surface area contributed by atoms with Gasteiger partial charge in [-0.3, -0.25) is 14.9 Å². The highest BCUT2D eigenvalue weighted by molar-refractivity contribution is 7.99. The van der Waals surface area contributed by atoms with E-state index >= 15 is 0 Å². The van der Waals surface area contributed by atoms with E-state index in [1.54, 1.807) is 30.0 Å². The zero-order valence-electron chi connectivity index (χ0n) is 13.2. The van der Waals surface area contributed by atoms with Gasteiger partial charge in [-0.25, -0.2) is 0 Å². The molecule has 0 saturated carbocycles. The molecule has 1 unspecified atom stereocenters. The highest BCUT2D eigenvalue weighted by atomic mass is 32.2. The first-order chi connectivity index (χ1) is 11.6. The van der Waals surface area contributed by atoms with Gasteiger partial charge in [0, 0.05) is 43.8 Å². The van der Waals surface area contributed by atoms with Crippen LogP contribution in [-0.4, -0.2) is 32.6 Å². The number of nitro groups is 1. The fraction of sp³-hybridized carbons (Fsp3) is 0.235. The van der Waals surface area contributed by atoms with Gasteiger partial charge in [0.2, 0.25) is 5.91 Å². The molecule has 0 radical (unpaired) electrons. The second kappa shape index (κ2) is 6.92. The highest BCUT2D eigenvalue weighted by Crippen LogP contribution is 2.37. The normalized spacial score (nSPS) is 17.5. The molecule has 7 heteroatoms. The summed E-state index contributed by atoms with van der Waals surface area (Å²) in [5.41, 5.74) is 1.91. The number of thioether (sulfide) groups is 1. The summed E-state index contributed by atoms with van der Waals surface area (Å²) in [6.45, 7) is 0.712. The summed E-state index contributed by atoms with van der Waals surface area (Å²) < 4.78 is 2.03. The van der Waals surface area contributed by atoms with Crippen molar-refractivity contribution in [3.05, 3.63) is 70.0 Å². The maximum absolute atomic E-state index is 12.5. The molecule has 1 fully saturated rings. The molecule has 3 rings (SSSR count). The molecule has 2 heterocycles. The van der Waals surface area contributed by atoms with E-state index in [4.69, 9.17) is 0 Å². The predicted molar refractivity (Wildman–Crippen MR) is 94.5 cm³/mol. The van der Waals surface area contributed by atoms with Crippen LogP contribution in [0.1, 0.15) is 16.6 Å². The molecule has 0 aliphatic carbocycles. The Labute approximate surface area is 143 Å². The Kier molecular flexibility index (Phi) is 4.71. The number of aromatic nitrogens is 1. The fourth-order valence-corrected chi connectivity index (χ4v) is 3.97. The first-order valence-corrected chi connectivity index (χ1v) is 8.57. The summed E-state index contributed by atoms with van der Waals surface area (Å²) in [6, 6.07) is 10.1. The van der Waals surface area contributed by atoms with Crippen molar-refractivity contribution in [1.29, 1.82) is 0 Å². The van der Waals surface area contributed by atoms with E-state index in [1.165, 1.54) is 18.2 Å². The van der Waals surface area contributed by atoms with Crippen molar-refractivity contribution in [1.82, 2.24) is 9.47 Å². The number of non-ortho nitro benzene ring substituents is 1. The predicted octanol–water partition coefficient (Wildman–Crippen LogP) is 3.22. The third kappa shape index (κ3) is 3.35. The van der Waals surface area contributed by atoms with Gasteiger partial charge < -0.3 is 9.47 Å². The van der Waals surface area contributed by atoms with Crippen molar-refractivity contribution in [2.45, 2.75) is 5.37 Å². The molecule has 1 aromatic heterocycles. The average Bonchev–Trinajstić information content (AvgIpc) is 3.21. The third-order valence-electron chi connectivity index (χ3n) is 3.93. The molecule has 6 nitrogen and oxygen atoms in total. The van der Waals surface area contributed by atoms with Crippen LogP contribution in [0.2, 0.25) is 0 Å². The van der Waals surface area contributed by atoms with Crippen LogP contribution in [0, 0.1) is 10.1 Å². The molecule has 24 heavy (non-hydrogen) atoms. The number of benzene rings is 1. The van der Waals surface area contributed by atoms with Crippen LogP contribution in [0.15, 0.2) is 48.7 Å². The lowest BCUT2D eigenvalue weighted by atomic mass is 10.2. The Morgan fingerprint density at radius 2 is 2.08 bits per heavy atom. The third-order valence-corrected chi connectivity index (χ3v) is 5.16. The molecule has 1 atom stereocenters. The molecule has 2 aromatic rings. The fourth-order valence-electron chi connectivity index (χ4n) is 2.64. The zero-order valence-corrected chi connectivity index (χ0v) is 14.0. The molecule has 1 saturated heterocycles. The second-order valence-corrected chi connectivity index (χ2v) is 6.67. The largest absolute Gasteiger partial charge is 0.352 e. The lowest BCUT2D eigenvalue weighted by Gasteiger charge is -2.23. The van der Waals surface area contributed by atoms with Crippen molar-refractivity contribution in [2.24, 2.45) is 7.05 Å². The number of nitro benzene ring substituents is 1. The number of aryl methyl sites for hydroxylation is 1. The number of carbonyl (C=O) groups is 1. The van der Waals surface area contributed by atoms with Crippen LogP contribution < -0.4 is 0 Å². The molecule has 1 aromatic carbocycles. The Balaban J connectivity index is 1.71. The summed E-state index contributed by atoms with van der Waals surface area (Å²) in [5.74, 6) is 0.858. The van der Waals surface area contributed by atoms with Gasteiger partial charge in [-0.1, -0.05) is 0 Å². The van der Waals surface area contributed by atoms with Gasteiger partial charge in [0.15, 0.2) is 0 Å². The Morgan fingerprint density at radius 1 is 1.33 bits per heavy atom. The monoisotopic (exact) mass is 343 g/mol. The molecule has 1 aliphatic heterocycles. The lowest BCUT2D eigenvalue weighted by Crippen LogP contribution is -2.29. The van der Waals surface area contributed by atoms with Gasteiger partial charge in [0.25, 0.3) is 5.69 Å². The van der Waals surface area contributed by atoms with Crippen molar-refractivity contribution in [3.8, 4) is 0 Å². The number of rotatable bonds is 4. The van der Waals surface area contributed by atoms with Crippen molar-refractivity contribution in [2.75, 3.05) is 12.3 Å².